The van der Waals surface area contributed by atoms with Crippen molar-refractivity contribution in [3.8, 4) is 0 Å². The second-order valence-electron chi connectivity index (χ2n) is 5.00. The SMILES string of the molecule is [C-]#[N+]c1cc2ncc(C(C)(C)C)cc2[nH]c1=O. The second kappa shape index (κ2) is 3.70. The molecular weight excluding hydrogens is 214 g/mol. The highest BCUT2D eigenvalue weighted by atomic mass is 16.1. The van der Waals surface area contributed by atoms with Crippen molar-refractivity contribution in [1.82, 2.24) is 9.97 Å². The van der Waals surface area contributed by atoms with E-state index >= 15 is 0 Å². The van der Waals surface area contributed by atoms with Gasteiger partial charge in [-0.3, -0.25) is 9.78 Å². The Labute approximate surface area is 99.1 Å². The molecule has 0 unspecified atom stereocenters. The van der Waals surface area contributed by atoms with Crippen molar-refractivity contribution in [3.05, 3.63) is 45.7 Å². The lowest BCUT2D eigenvalue weighted by Gasteiger charge is -2.18. The summed E-state index contributed by atoms with van der Waals surface area (Å²) in [6, 6.07) is 3.44. The molecule has 0 amide bonds. The minimum Gasteiger partial charge on any atom is -0.330 e. The van der Waals surface area contributed by atoms with Gasteiger partial charge in [0.15, 0.2) is 0 Å². The van der Waals surface area contributed by atoms with Crippen LogP contribution in [0.15, 0.2) is 23.1 Å². The first-order chi connectivity index (χ1) is 7.91. The molecule has 2 heterocycles. The summed E-state index contributed by atoms with van der Waals surface area (Å²) in [7, 11) is 0. The van der Waals surface area contributed by atoms with Gasteiger partial charge in [-0.25, -0.2) is 4.85 Å². The van der Waals surface area contributed by atoms with Gasteiger partial charge in [0, 0.05) is 6.20 Å². The maximum Gasteiger partial charge on any atom is 0.254 e. The maximum absolute atomic E-state index is 11.5. The van der Waals surface area contributed by atoms with Crippen LogP contribution in [0.1, 0.15) is 26.3 Å². The highest BCUT2D eigenvalue weighted by Crippen LogP contribution is 2.24. The Morgan fingerprint density at radius 2 is 2.06 bits per heavy atom. The average Bonchev–Trinajstić information content (AvgIpc) is 2.26. The van der Waals surface area contributed by atoms with E-state index in [1.54, 1.807) is 6.20 Å². The van der Waals surface area contributed by atoms with Gasteiger partial charge in [-0.05, 0) is 23.1 Å². The molecule has 0 atom stereocenters. The zero-order valence-corrected chi connectivity index (χ0v) is 10.0. The molecule has 0 radical (unpaired) electrons. The van der Waals surface area contributed by atoms with Crippen LogP contribution >= 0.6 is 0 Å². The number of rotatable bonds is 0. The highest BCUT2D eigenvalue weighted by Gasteiger charge is 2.15. The van der Waals surface area contributed by atoms with E-state index in [-0.39, 0.29) is 16.7 Å². The van der Waals surface area contributed by atoms with E-state index in [0.29, 0.717) is 11.0 Å². The minimum absolute atomic E-state index is 0.0173. The van der Waals surface area contributed by atoms with Crippen molar-refractivity contribution in [1.29, 1.82) is 0 Å². The molecular formula is C13H13N3O. The molecule has 0 saturated heterocycles. The average molecular weight is 227 g/mol. The molecule has 0 aliphatic carbocycles. The molecule has 86 valence electrons. The van der Waals surface area contributed by atoms with Crippen molar-refractivity contribution in [2.75, 3.05) is 0 Å². The van der Waals surface area contributed by atoms with Gasteiger partial charge < -0.3 is 4.98 Å². The van der Waals surface area contributed by atoms with E-state index in [2.05, 4.69) is 35.6 Å². The zero-order valence-electron chi connectivity index (χ0n) is 10.0. The standard InChI is InChI=1S/C13H13N3O/c1-13(2,3)8-5-10-9(15-7-8)6-11(14-4)12(17)16-10/h5-7H,1-3H3,(H,16,17). The summed E-state index contributed by atoms with van der Waals surface area (Å²) >= 11 is 0. The molecule has 0 aliphatic heterocycles. The Morgan fingerprint density at radius 1 is 1.35 bits per heavy atom. The number of nitrogens with one attached hydrogen (secondary N) is 1. The van der Waals surface area contributed by atoms with E-state index in [1.165, 1.54) is 6.07 Å². The van der Waals surface area contributed by atoms with Crippen LogP contribution in [0.5, 0.6) is 0 Å². The van der Waals surface area contributed by atoms with Gasteiger partial charge in [-0.1, -0.05) is 20.8 Å². The number of pyridine rings is 2. The first-order valence-electron chi connectivity index (χ1n) is 5.33. The van der Waals surface area contributed by atoms with Crippen LogP contribution in [-0.2, 0) is 5.41 Å². The van der Waals surface area contributed by atoms with Crippen LogP contribution < -0.4 is 5.56 Å². The zero-order chi connectivity index (χ0) is 12.6. The van der Waals surface area contributed by atoms with Gasteiger partial charge in [-0.2, -0.15) is 0 Å². The molecule has 2 aromatic rings. The molecule has 4 heteroatoms. The van der Waals surface area contributed by atoms with E-state index in [0.717, 1.165) is 5.56 Å². The van der Waals surface area contributed by atoms with Crippen molar-refractivity contribution < 1.29 is 0 Å². The molecule has 0 bridgehead atoms. The number of aromatic nitrogens is 2. The van der Waals surface area contributed by atoms with Gasteiger partial charge in [0.25, 0.3) is 11.2 Å². The number of fused-ring (bicyclic) bond motifs is 1. The Bertz CT molecular complexity index is 672. The lowest BCUT2D eigenvalue weighted by molar-refractivity contribution is 0.588. The van der Waals surface area contributed by atoms with Gasteiger partial charge in [0.05, 0.1) is 17.6 Å². The third-order valence-corrected chi connectivity index (χ3v) is 2.66. The number of H-pyrrole nitrogens is 1. The molecule has 0 fully saturated rings. The molecule has 1 N–H and O–H groups in total. The summed E-state index contributed by atoms with van der Waals surface area (Å²) < 4.78 is 0. The molecule has 2 aromatic heterocycles. The molecule has 0 spiro atoms. The van der Waals surface area contributed by atoms with Crippen LogP contribution in [0.4, 0.5) is 5.69 Å². The van der Waals surface area contributed by atoms with Crippen LogP contribution in [0.3, 0.4) is 0 Å². The summed E-state index contributed by atoms with van der Waals surface area (Å²) in [5.41, 5.74) is 2.07. The summed E-state index contributed by atoms with van der Waals surface area (Å²) in [4.78, 5) is 21.7. The predicted molar refractivity (Wildman–Crippen MR) is 67.3 cm³/mol. The Hall–Kier alpha value is -2.15. The molecule has 2 rings (SSSR count). The van der Waals surface area contributed by atoms with Crippen molar-refractivity contribution >= 4 is 16.7 Å². The summed E-state index contributed by atoms with van der Waals surface area (Å²) in [5, 5.41) is 0. The van der Waals surface area contributed by atoms with Crippen molar-refractivity contribution in [2.45, 2.75) is 26.2 Å². The van der Waals surface area contributed by atoms with E-state index < -0.39 is 0 Å². The van der Waals surface area contributed by atoms with Crippen LogP contribution in [-0.4, -0.2) is 9.97 Å². The lowest BCUT2D eigenvalue weighted by atomic mass is 9.88. The van der Waals surface area contributed by atoms with Crippen molar-refractivity contribution in [3.63, 3.8) is 0 Å². The second-order valence-corrected chi connectivity index (χ2v) is 5.00. The monoisotopic (exact) mass is 227 g/mol. The van der Waals surface area contributed by atoms with Crippen LogP contribution in [0.2, 0.25) is 0 Å². The summed E-state index contributed by atoms with van der Waals surface area (Å²) in [6.45, 7) is 13.1. The number of nitrogens with zero attached hydrogens (tertiary/aromatic N) is 2. The summed E-state index contributed by atoms with van der Waals surface area (Å²) in [5.74, 6) is 0. The first kappa shape index (κ1) is 11.3. The summed E-state index contributed by atoms with van der Waals surface area (Å²) in [6.07, 6.45) is 1.79. The molecule has 17 heavy (non-hydrogen) atoms. The van der Waals surface area contributed by atoms with Gasteiger partial charge in [0.2, 0.25) is 0 Å². The quantitative estimate of drug-likeness (QED) is 0.703. The maximum atomic E-state index is 11.5. The first-order valence-corrected chi connectivity index (χ1v) is 5.33. The largest absolute Gasteiger partial charge is 0.330 e. The van der Waals surface area contributed by atoms with Gasteiger partial charge in [0.1, 0.15) is 0 Å². The Balaban J connectivity index is 2.73. The molecule has 0 saturated carbocycles. The fourth-order valence-corrected chi connectivity index (χ4v) is 1.57. The molecule has 0 aromatic carbocycles. The molecule has 4 nitrogen and oxygen atoms in total. The number of aromatic amines is 1. The lowest BCUT2D eigenvalue weighted by Crippen LogP contribution is -2.12. The van der Waals surface area contributed by atoms with Crippen LogP contribution in [0, 0.1) is 6.57 Å². The van der Waals surface area contributed by atoms with Crippen molar-refractivity contribution in [2.24, 2.45) is 0 Å². The Morgan fingerprint density at radius 3 is 2.65 bits per heavy atom. The predicted octanol–water partition coefficient (Wildman–Crippen LogP) is 2.77. The fraction of sp³-hybridized carbons (Fsp3) is 0.308. The molecule has 0 aliphatic rings. The smallest absolute Gasteiger partial charge is 0.254 e. The van der Waals surface area contributed by atoms with Gasteiger partial charge >= 0.3 is 0 Å². The van der Waals surface area contributed by atoms with Gasteiger partial charge in [-0.15, -0.1) is 0 Å². The Kier molecular flexibility index (Phi) is 2.47. The number of hydrogen-bond donors (Lipinski definition) is 1. The fourth-order valence-electron chi connectivity index (χ4n) is 1.57. The number of hydrogen-bond acceptors (Lipinski definition) is 2. The topological polar surface area (TPSA) is 50.1 Å². The normalized spacial score (nSPS) is 11.4. The van der Waals surface area contributed by atoms with E-state index in [9.17, 15) is 4.79 Å². The minimum atomic E-state index is -0.361. The third kappa shape index (κ3) is 2.04. The van der Waals surface area contributed by atoms with E-state index in [4.69, 9.17) is 6.57 Å². The van der Waals surface area contributed by atoms with E-state index in [1.807, 2.05) is 6.07 Å². The third-order valence-electron chi connectivity index (χ3n) is 2.66. The van der Waals surface area contributed by atoms with Crippen LogP contribution in [0.25, 0.3) is 15.9 Å². The highest BCUT2D eigenvalue weighted by molar-refractivity contribution is 5.78.